The molecule has 0 spiro atoms. The number of aromatic nitrogens is 2. The highest BCUT2D eigenvalue weighted by Crippen LogP contribution is 2.37. The van der Waals surface area contributed by atoms with Crippen LogP contribution >= 0.6 is 11.3 Å². The number of rotatable bonds is 2. The highest BCUT2D eigenvalue weighted by Gasteiger charge is 2.39. The monoisotopic (exact) mass is 316 g/mol. The summed E-state index contributed by atoms with van der Waals surface area (Å²) in [6.45, 7) is 0. The molecule has 2 heterocycles. The fourth-order valence-electron chi connectivity index (χ4n) is 1.68. The number of alkyl halides is 6. The van der Waals surface area contributed by atoms with Gasteiger partial charge in [-0.2, -0.15) is 26.3 Å². The zero-order valence-electron chi connectivity index (χ0n) is 9.45. The van der Waals surface area contributed by atoms with E-state index in [1.54, 1.807) is 10.2 Å². The topological polar surface area (TPSA) is 48.6 Å². The summed E-state index contributed by atoms with van der Waals surface area (Å²) in [4.78, 5) is 11.0. The Morgan fingerprint density at radius 2 is 1.70 bits per heavy atom. The van der Waals surface area contributed by atoms with Gasteiger partial charge in [-0.15, -0.1) is 11.3 Å². The zero-order valence-corrected chi connectivity index (χ0v) is 10.3. The zero-order chi connectivity index (χ0) is 15.1. The summed E-state index contributed by atoms with van der Waals surface area (Å²) in [5, 5.41) is 4.50. The average molecular weight is 316 g/mol. The maximum atomic E-state index is 12.6. The Morgan fingerprint density at radius 1 is 1.05 bits per heavy atom. The summed E-state index contributed by atoms with van der Waals surface area (Å²) >= 11 is 0.649. The minimum atomic E-state index is -4.84. The predicted octanol–water partition coefficient (Wildman–Crippen LogP) is 3.39. The van der Waals surface area contributed by atoms with Crippen molar-refractivity contribution in [3.05, 3.63) is 43.5 Å². The van der Waals surface area contributed by atoms with Gasteiger partial charge in [-0.1, -0.05) is 0 Å². The summed E-state index contributed by atoms with van der Waals surface area (Å²) in [5.74, 6) is 0. The lowest BCUT2D eigenvalue weighted by molar-refractivity contribution is -0.141. The van der Waals surface area contributed by atoms with E-state index in [4.69, 9.17) is 0 Å². The van der Waals surface area contributed by atoms with Crippen LogP contribution in [0, 0.1) is 0 Å². The van der Waals surface area contributed by atoms with Crippen LogP contribution < -0.4 is 5.56 Å². The summed E-state index contributed by atoms with van der Waals surface area (Å²) in [6, 6.07) is 0.772. The van der Waals surface area contributed by atoms with E-state index in [0.717, 1.165) is 11.4 Å². The Kier molecular flexibility index (Phi) is 3.44. The first-order chi connectivity index (χ1) is 9.10. The highest BCUT2D eigenvalue weighted by atomic mass is 32.1. The molecule has 0 radical (unpaired) electrons. The second-order valence-corrected chi connectivity index (χ2v) is 4.86. The average Bonchev–Trinajstić information content (AvgIpc) is 2.85. The van der Waals surface area contributed by atoms with E-state index in [2.05, 4.69) is 0 Å². The van der Waals surface area contributed by atoms with Crippen LogP contribution in [0.3, 0.4) is 0 Å². The van der Waals surface area contributed by atoms with Gasteiger partial charge >= 0.3 is 12.4 Å². The smallest absolute Gasteiger partial charge is 0.293 e. The van der Waals surface area contributed by atoms with Crippen molar-refractivity contribution >= 4 is 11.3 Å². The van der Waals surface area contributed by atoms with E-state index in [-0.39, 0.29) is 4.88 Å². The molecule has 0 bridgehead atoms. The van der Waals surface area contributed by atoms with Crippen LogP contribution in [-0.4, -0.2) is 10.2 Å². The molecule has 2 N–H and O–H groups in total. The van der Waals surface area contributed by atoms with Crippen molar-refractivity contribution in [1.82, 2.24) is 10.2 Å². The van der Waals surface area contributed by atoms with Gasteiger partial charge in [0.15, 0.2) is 0 Å². The van der Waals surface area contributed by atoms with Gasteiger partial charge in [0.2, 0.25) is 0 Å². The molecule has 2 rings (SSSR count). The molecule has 2 aromatic rings. The van der Waals surface area contributed by atoms with Crippen molar-refractivity contribution in [1.29, 1.82) is 0 Å². The summed E-state index contributed by atoms with van der Waals surface area (Å²) in [5.41, 5.74) is -4.23. The van der Waals surface area contributed by atoms with Gasteiger partial charge in [-0.3, -0.25) is 15.0 Å². The minimum absolute atomic E-state index is 0.340. The van der Waals surface area contributed by atoms with Gasteiger partial charge in [0.05, 0.1) is 11.1 Å². The van der Waals surface area contributed by atoms with Crippen LogP contribution in [0.2, 0.25) is 0 Å². The number of hydrogen-bond donors (Lipinski definition) is 2. The molecule has 3 nitrogen and oxygen atoms in total. The van der Waals surface area contributed by atoms with Crippen molar-refractivity contribution < 1.29 is 26.3 Å². The van der Waals surface area contributed by atoms with Crippen LogP contribution in [0.25, 0.3) is 0 Å². The molecule has 2 aromatic heterocycles. The van der Waals surface area contributed by atoms with E-state index in [9.17, 15) is 31.1 Å². The third-order valence-electron chi connectivity index (χ3n) is 2.55. The maximum Gasteiger partial charge on any atom is 0.433 e. The van der Waals surface area contributed by atoms with Crippen LogP contribution in [0.1, 0.15) is 21.7 Å². The van der Waals surface area contributed by atoms with Gasteiger partial charge in [0.1, 0.15) is 5.69 Å². The number of thiophene rings is 1. The Bertz CT molecular complexity index is 662. The molecule has 0 aliphatic heterocycles. The number of hydrogen-bond acceptors (Lipinski definition) is 2. The van der Waals surface area contributed by atoms with Crippen LogP contribution in [-0.2, 0) is 18.8 Å². The van der Waals surface area contributed by atoms with Gasteiger partial charge in [-0.25, -0.2) is 0 Å². The third kappa shape index (κ3) is 2.74. The molecule has 0 amide bonds. The summed E-state index contributed by atoms with van der Waals surface area (Å²) < 4.78 is 75.8. The molecule has 0 saturated heterocycles. The van der Waals surface area contributed by atoms with Gasteiger partial charge in [0.25, 0.3) is 5.56 Å². The van der Waals surface area contributed by atoms with Crippen molar-refractivity contribution in [3.8, 4) is 0 Å². The van der Waals surface area contributed by atoms with Crippen molar-refractivity contribution in [2.45, 2.75) is 18.8 Å². The summed E-state index contributed by atoms with van der Waals surface area (Å²) in [6.07, 6.45) is -10.2. The molecular formula is C10H6F6N2OS. The second-order valence-electron chi connectivity index (χ2n) is 3.86. The minimum Gasteiger partial charge on any atom is -0.293 e. The first kappa shape index (κ1) is 14.7. The normalized spacial score (nSPS) is 12.9. The van der Waals surface area contributed by atoms with E-state index < -0.39 is 41.2 Å². The Balaban J connectivity index is 2.45. The molecule has 0 saturated carbocycles. The number of aromatic amines is 2. The highest BCUT2D eigenvalue weighted by molar-refractivity contribution is 7.10. The quantitative estimate of drug-likeness (QED) is 0.820. The molecule has 0 aromatic carbocycles. The molecule has 110 valence electrons. The Hall–Kier alpha value is -1.71. The fraction of sp³-hybridized carbons (Fsp3) is 0.300. The standard InChI is InChI=1S/C10H6F6N2OS/c11-9(12,13)5-1-2-20-6(5)3-4-7(10(14,15)16)17-18-8(4)19/h1-2H,3H2,(H2,17,18,19). The molecule has 0 unspecified atom stereocenters. The van der Waals surface area contributed by atoms with Crippen LogP contribution in [0.4, 0.5) is 26.3 Å². The molecule has 0 aliphatic rings. The van der Waals surface area contributed by atoms with Crippen molar-refractivity contribution in [3.63, 3.8) is 0 Å². The number of H-pyrrole nitrogens is 2. The first-order valence-electron chi connectivity index (χ1n) is 5.11. The number of halogens is 6. The van der Waals surface area contributed by atoms with Crippen LogP contribution in [0.15, 0.2) is 16.2 Å². The molecule has 10 heteroatoms. The number of nitrogens with one attached hydrogen (secondary N) is 2. The maximum absolute atomic E-state index is 12.6. The van der Waals surface area contributed by atoms with E-state index >= 15 is 0 Å². The SMILES string of the molecule is O=c1[nH][nH]c(C(F)(F)F)c1Cc1sccc1C(F)(F)F. The van der Waals surface area contributed by atoms with Gasteiger partial charge < -0.3 is 0 Å². The predicted molar refractivity (Wildman–Crippen MR) is 58.5 cm³/mol. The van der Waals surface area contributed by atoms with Crippen molar-refractivity contribution in [2.75, 3.05) is 0 Å². The molecular weight excluding hydrogens is 310 g/mol. The largest absolute Gasteiger partial charge is 0.433 e. The molecule has 0 aliphatic carbocycles. The lowest BCUT2D eigenvalue weighted by Gasteiger charge is -2.09. The van der Waals surface area contributed by atoms with Gasteiger partial charge in [-0.05, 0) is 11.4 Å². The fourth-order valence-corrected chi connectivity index (χ4v) is 2.59. The molecule has 0 fully saturated rings. The van der Waals surface area contributed by atoms with Crippen molar-refractivity contribution in [2.24, 2.45) is 0 Å². The first-order valence-corrected chi connectivity index (χ1v) is 5.99. The summed E-state index contributed by atoms with van der Waals surface area (Å²) in [7, 11) is 0. The molecule has 20 heavy (non-hydrogen) atoms. The lowest BCUT2D eigenvalue weighted by atomic mass is 10.1. The Morgan fingerprint density at radius 3 is 2.25 bits per heavy atom. The van der Waals surface area contributed by atoms with E-state index in [1.807, 2.05) is 0 Å². The van der Waals surface area contributed by atoms with E-state index in [0.29, 0.717) is 11.3 Å². The van der Waals surface area contributed by atoms with Gasteiger partial charge in [0, 0.05) is 11.3 Å². The molecule has 0 atom stereocenters. The third-order valence-corrected chi connectivity index (χ3v) is 3.47. The lowest BCUT2D eigenvalue weighted by Crippen LogP contribution is -2.15. The Labute approximate surface area is 111 Å². The van der Waals surface area contributed by atoms with Crippen LogP contribution in [0.5, 0.6) is 0 Å². The second kappa shape index (κ2) is 4.69. The van der Waals surface area contributed by atoms with E-state index in [1.165, 1.54) is 0 Å².